The van der Waals surface area contributed by atoms with Crippen LogP contribution in [0.4, 0.5) is 9.93 Å². The molecule has 1 heterocycles. The van der Waals surface area contributed by atoms with Crippen LogP contribution in [-0.2, 0) is 37.1 Å². The first-order valence-electron chi connectivity index (χ1n) is 20.6. The maximum atomic E-state index is 14.3. The lowest BCUT2D eigenvalue weighted by atomic mass is 10.0. The summed E-state index contributed by atoms with van der Waals surface area (Å²) in [5, 5.41) is 20.2. The van der Waals surface area contributed by atoms with E-state index >= 15 is 0 Å². The zero-order chi connectivity index (χ0) is 47.9. The predicted molar refractivity (Wildman–Crippen MR) is 250 cm³/mol. The van der Waals surface area contributed by atoms with Gasteiger partial charge in [0.1, 0.15) is 42.6 Å². The number of nitrogens with zero attached hydrogens (tertiary/aromatic N) is 2. The number of oxime groups is 1. The zero-order valence-corrected chi connectivity index (χ0v) is 38.6. The van der Waals surface area contributed by atoms with Gasteiger partial charge in [0.05, 0.1) is 24.8 Å². The Hall–Kier alpha value is -7.63. The quantitative estimate of drug-likeness (QED) is 0.0372. The molecule has 5 aromatic carbocycles. The topological polar surface area (TPSA) is 202 Å². The number of amides is 2. The fourth-order valence-electron chi connectivity index (χ4n) is 6.11. The first kappa shape index (κ1) is 48.8. The Morgan fingerprint density at radius 1 is 0.776 bits per heavy atom. The smallest absolute Gasteiger partial charge is 0.413 e. The lowest BCUT2D eigenvalue weighted by Crippen LogP contribution is -2.45. The number of esters is 1. The van der Waals surface area contributed by atoms with Crippen molar-refractivity contribution in [2.24, 2.45) is 5.16 Å². The van der Waals surface area contributed by atoms with E-state index in [1.807, 2.05) is 36.4 Å². The molecule has 18 heteroatoms. The molecule has 16 nitrogen and oxygen atoms in total. The minimum absolute atomic E-state index is 0.0261. The second kappa shape index (κ2) is 23.0. The van der Waals surface area contributed by atoms with E-state index in [2.05, 4.69) is 20.8 Å². The number of hydrogen-bond acceptors (Lipinski definition) is 14. The van der Waals surface area contributed by atoms with E-state index in [0.717, 1.165) is 22.5 Å². The molecule has 1 atom stereocenters. The molecule has 0 aliphatic carbocycles. The Balaban J connectivity index is 1.29. The minimum atomic E-state index is -1.60. The number of carbonyl (C=O) groups is 4. The Morgan fingerprint density at radius 2 is 1.34 bits per heavy atom. The average Bonchev–Trinajstić information content (AvgIpc) is 3.78. The summed E-state index contributed by atoms with van der Waals surface area (Å²) in [6, 6.07) is 33.7. The summed E-state index contributed by atoms with van der Waals surface area (Å²) in [5.74, 6) is -1.75. The van der Waals surface area contributed by atoms with Gasteiger partial charge in [0.2, 0.25) is 5.71 Å². The summed E-state index contributed by atoms with van der Waals surface area (Å²) < 4.78 is 34.3. The molecule has 3 N–H and O–H groups in total. The molecular formula is C49H47ClN4O12S. The number of halogens is 1. The average molecular weight is 951 g/mol. The third-order valence-corrected chi connectivity index (χ3v) is 10.5. The number of carbonyl (C=O) groups excluding carboxylic acids is 3. The summed E-state index contributed by atoms with van der Waals surface area (Å²) in [4.78, 5) is 62.9. The second-order valence-corrected chi connectivity index (χ2v) is 16.6. The molecule has 0 aliphatic heterocycles. The molecule has 0 radical (unpaired) electrons. The highest BCUT2D eigenvalue weighted by molar-refractivity contribution is 7.14. The van der Waals surface area contributed by atoms with Crippen LogP contribution in [0.5, 0.6) is 23.0 Å². The Labute approximate surface area is 395 Å². The molecule has 6 rings (SSSR count). The van der Waals surface area contributed by atoms with Crippen LogP contribution in [-0.4, -0.2) is 72.2 Å². The summed E-state index contributed by atoms with van der Waals surface area (Å²) in [6.07, 6.45) is -1.73. The SMILES string of the molecule is COc1ccc(COc2ccc(C(=O)NC(CO/N=C(\C(=O)O)c3csc(NC(=O)OC(C)(C)C)n3)C(=O)OC(c3ccccc3)c3ccccc3)c(Cl)c2OCc2ccc(OC)cc2)cc1. The zero-order valence-electron chi connectivity index (χ0n) is 37.0. The number of carboxylic acid groups (broad SMARTS) is 1. The van der Waals surface area contributed by atoms with Crippen molar-refractivity contribution in [1.29, 1.82) is 0 Å². The normalized spacial score (nSPS) is 11.8. The fourth-order valence-corrected chi connectivity index (χ4v) is 7.09. The van der Waals surface area contributed by atoms with Crippen molar-refractivity contribution < 1.29 is 57.5 Å². The number of benzene rings is 5. The van der Waals surface area contributed by atoms with Crippen molar-refractivity contribution in [3.05, 3.63) is 165 Å². The maximum absolute atomic E-state index is 14.3. The number of carboxylic acids is 1. The van der Waals surface area contributed by atoms with Gasteiger partial charge in [-0.05, 0) is 79.4 Å². The van der Waals surface area contributed by atoms with Crippen molar-refractivity contribution in [1.82, 2.24) is 10.3 Å². The first-order chi connectivity index (χ1) is 32.2. The van der Waals surface area contributed by atoms with E-state index in [0.29, 0.717) is 22.6 Å². The number of thiazole rings is 1. The van der Waals surface area contributed by atoms with Gasteiger partial charge in [-0.1, -0.05) is 102 Å². The van der Waals surface area contributed by atoms with E-state index < -0.39 is 54.0 Å². The van der Waals surface area contributed by atoms with E-state index in [4.69, 9.17) is 44.9 Å². The van der Waals surface area contributed by atoms with Crippen LogP contribution in [0.1, 0.15) is 65.2 Å². The number of nitrogens with one attached hydrogen (secondary N) is 2. The molecule has 0 spiro atoms. The van der Waals surface area contributed by atoms with Gasteiger partial charge in [-0.25, -0.2) is 19.4 Å². The highest BCUT2D eigenvalue weighted by atomic mass is 35.5. The van der Waals surface area contributed by atoms with Crippen LogP contribution in [0.3, 0.4) is 0 Å². The van der Waals surface area contributed by atoms with E-state index in [-0.39, 0.29) is 46.1 Å². The van der Waals surface area contributed by atoms with Crippen LogP contribution < -0.4 is 29.6 Å². The van der Waals surface area contributed by atoms with Crippen LogP contribution in [0.2, 0.25) is 5.02 Å². The van der Waals surface area contributed by atoms with Gasteiger partial charge >= 0.3 is 18.0 Å². The minimum Gasteiger partial charge on any atom is -0.497 e. The number of anilines is 1. The molecular weight excluding hydrogens is 904 g/mol. The molecule has 2 amide bonds. The highest BCUT2D eigenvalue weighted by Crippen LogP contribution is 2.39. The molecule has 0 saturated carbocycles. The van der Waals surface area contributed by atoms with Gasteiger partial charge in [-0.15, -0.1) is 11.3 Å². The third-order valence-electron chi connectivity index (χ3n) is 9.38. The second-order valence-electron chi connectivity index (χ2n) is 15.4. The number of hydrogen-bond donors (Lipinski definition) is 3. The highest BCUT2D eigenvalue weighted by Gasteiger charge is 2.31. The lowest BCUT2D eigenvalue weighted by molar-refractivity contribution is -0.151. The number of rotatable bonds is 20. The molecule has 1 unspecified atom stereocenters. The van der Waals surface area contributed by atoms with Gasteiger partial charge in [-0.2, -0.15) is 0 Å². The van der Waals surface area contributed by atoms with E-state index in [1.54, 1.807) is 108 Å². The van der Waals surface area contributed by atoms with Crippen LogP contribution in [0.25, 0.3) is 0 Å². The van der Waals surface area contributed by atoms with E-state index in [1.165, 1.54) is 17.5 Å². The number of aliphatic carboxylic acids is 1. The standard InChI is InChI=1S/C49H47ClN4O12S/c1-49(2,3)66-48(59)53-47-52-38(29-67-47)41(45(56)57)54-64-28-37(46(58)65-42(32-12-8-6-9-13-32)33-14-10-7-11-15-33)51-44(55)36-24-25-39(62-26-30-16-20-34(60-4)21-17-30)43(40(36)50)63-27-31-18-22-35(61-5)23-19-31/h6-25,29,37,42H,26-28H2,1-5H3,(H,51,55)(H,56,57)(H,52,53,59)/b54-41-. The first-order valence-corrected chi connectivity index (χ1v) is 21.8. The monoisotopic (exact) mass is 950 g/mol. The van der Waals surface area contributed by atoms with Gasteiger partial charge in [-0.3, -0.25) is 10.1 Å². The van der Waals surface area contributed by atoms with Crippen molar-refractivity contribution in [2.45, 2.75) is 51.7 Å². The van der Waals surface area contributed by atoms with Gasteiger partial charge < -0.3 is 43.7 Å². The Morgan fingerprint density at radius 3 is 1.88 bits per heavy atom. The lowest BCUT2D eigenvalue weighted by Gasteiger charge is -2.23. The molecule has 6 aromatic rings. The summed E-state index contributed by atoms with van der Waals surface area (Å²) in [7, 11) is 3.13. The van der Waals surface area contributed by atoms with Crippen LogP contribution in [0, 0.1) is 0 Å². The largest absolute Gasteiger partial charge is 0.497 e. The molecule has 67 heavy (non-hydrogen) atoms. The van der Waals surface area contributed by atoms with Crippen molar-refractivity contribution in [3.8, 4) is 23.0 Å². The van der Waals surface area contributed by atoms with Gasteiger partial charge in [0.15, 0.2) is 28.8 Å². The molecule has 0 aliphatic rings. The number of aromatic nitrogens is 1. The molecule has 0 saturated heterocycles. The van der Waals surface area contributed by atoms with E-state index in [9.17, 15) is 24.3 Å². The summed E-state index contributed by atoms with van der Waals surface area (Å²) in [6.45, 7) is 4.48. The maximum Gasteiger partial charge on any atom is 0.413 e. The van der Waals surface area contributed by atoms with Crippen molar-refractivity contribution >= 4 is 57.7 Å². The van der Waals surface area contributed by atoms with Crippen molar-refractivity contribution in [2.75, 3.05) is 26.1 Å². The number of ether oxygens (including phenoxy) is 6. The molecule has 348 valence electrons. The number of methoxy groups -OCH3 is 2. The summed E-state index contributed by atoms with van der Waals surface area (Å²) in [5.41, 5.74) is 1.10. The molecule has 1 aromatic heterocycles. The third kappa shape index (κ3) is 13.9. The molecule has 0 bridgehead atoms. The predicted octanol–water partition coefficient (Wildman–Crippen LogP) is 9.26. The Kier molecular flexibility index (Phi) is 16.8. The molecule has 0 fully saturated rings. The van der Waals surface area contributed by atoms with Gasteiger partial charge in [0.25, 0.3) is 5.91 Å². The van der Waals surface area contributed by atoms with Crippen molar-refractivity contribution in [3.63, 3.8) is 0 Å². The van der Waals surface area contributed by atoms with Crippen LogP contribution >= 0.6 is 22.9 Å². The fraction of sp³-hybridized carbons (Fsp3) is 0.224. The van der Waals surface area contributed by atoms with Crippen LogP contribution in [0.15, 0.2) is 132 Å². The van der Waals surface area contributed by atoms with Gasteiger partial charge in [0, 0.05) is 5.38 Å². The Bertz CT molecular complexity index is 2620. The summed E-state index contributed by atoms with van der Waals surface area (Å²) >= 11 is 7.91.